The number of nitrogens with one attached hydrogen (secondary N) is 1. The molecule has 0 unspecified atom stereocenters. The van der Waals surface area contributed by atoms with Crippen molar-refractivity contribution in [1.82, 2.24) is 5.43 Å². The Hall–Kier alpha value is -2.03. The number of thioether (sulfide) groups is 2. The first kappa shape index (κ1) is 24.6. The number of nitrogens with zero attached hydrogens (tertiary/aromatic N) is 1. The molecular weight excluding hydrogens is 468 g/mol. The molecule has 0 bridgehead atoms. The van der Waals surface area contributed by atoms with E-state index in [0.29, 0.717) is 32.4 Å². The second-order valence-electron chi connectivity index (χ2n) is 7.10. The summed E-state index contributed by atoms with van der Waals surface area (Å²) in [7, 11) is 1.55. The van der Waals surface area contributed by atoms with Gasteiger partial charge in [0.2, 0.25) is 0 Å². The molecule has 0 saturated carbocycles. The molecule has 2 aromatic carbocycles. The summed E-state index contributed by atoms with van der Waals surface area (Å²) in [6.07, 6.45) is 2.35. The molecule has 1 aliphatic rings. The second kappa shape index (κ2) is 12.3. The number of carbonyl (C=O) groups is 1. The lowest BCUT2D eigenvalue weighted by Crippen LogP contribution is -2.24. The van der Waals surface area contributed by atoms with Gasteiger partial charge in [0.15, 0.2) is 18.1 Å². The van der Waals surface area contributed by atoms with Crippen molar-refractivity contribution in [3.05, 3.63) is 52.5 Å². The smallest absolute Gasteiger partial charge is 0.277 e. The molecule has 1 heterocycles. The van der Waals surface area contributed by atoms with Crippen molar-refractivity contribution in [2.45, 2.75) is 31.0 Å². The summed E-state index contributed by atoms with van der Waals surface area (Å²) in [5, 5.41) is 4.39. The van der Waals surface area contributed by atoms with E-state index in [2.05, 4.69) is 10.5 Å². The molecule has 1 fully saturated rings. The number of methoxy groups -OCH3 is 1. The average molecular weight is 495 g/mol. The lowest BCUT2D eigenvalue weighted by Gasteiger charge is -2.17. The lowest BCUT2D eigenvalue weighted by atomic mass is 10.2. The number of hydrogen-bond acceptors (Lipinski definition) is 7. The number of benzene rings is 2. The normalized spacial score (nSPS) is 15.0. The van der Waals surface area contributed by atoms with Gasteiger partial charge in [0.1, 0.15) is 5.75 Å². The molecule has 0 aliphatic carbocycles. The molecule has 1 amide bonds. The summed E-state index contributed by atoms with van der Waals surface area (Å²) in [4.78, 5) is 12.1. The first-order valence-electron chi connectivity index (χ1n) is 10.3. The molecule has 0 aromatic heterocycles. The largest absolute Gasteiger partial charge is 0.493 e. The highest BCUT2D eigenvalue weighted by Gasteiger charge is 2.18. The van der Waals surface area contributed by atoms with Crippen LogP contribution in [0.25, 0.3) is 0 Å². The van der Waals surface area contributed by atoms with Gasteiger partial charge in [0.05, 0.1) is 29.0 Å². The number of carbonyl (C=O) groups excluding carboxylic acids is 1. The molecule has 1 atom stereocenters. The highest BCUT2D eigenvalue weighted by molar-refractivity contribution is 8.19. The highest BCUT2D eigenvalue weighted by Crippen LogP contribution is 2.45. The maximum Gasteiger partial charge on any atom is 0.277 e. The lowest BCUT2D eigenvalue weighted by molar-refractivity contribution is -0.123. The van der Waals surface area contributed by atoms with E-state index in [9.17, 15) is 4.79 Å². The number of halogens is 1. The Balaban J connectivity index is 1.50. The average Bonchev–Trinajstić information content (AvgIpc) is 3.34. The fraction of sp³-hybridized carbons (Fsp3) is 0.391. The first-order chi connectivity index (χ1) is 15.5. The number of ether oxygens (including phenoxy) is 3. The van der Waals surface area contributed by atoms with Gasteiger partial charge in [-0.2, -0.15) is 5.10 Å². The van der Waals surface area contributed by atoms with Crippen molar-refractivity contribution in [3.8, 4) is 17.2 Å². The third-order valence-electron chi connectivity index (χ3n) is 4.69. The van der Waals surface area contributed by atoms with Crippen LogP contribution in [0.5, 0.6) is 17.2 Å². The Morgan fingerprint density at radius 1 is 1.28 bits per heavy atom. The maximum atomic E-state index is 12.1. The fourth-order valence-corrected chi connectivity index (χ4v) is 5.97. The Kier molecular flexibility index (Phi) is 9.44. The molecule has 0 spiro atoms. The highest BCUT2D eigenvalue weighted by atomic mass is 35.5. The van der Waals surface area contributed by atoms with Crippen molar-refractivity contribution in [2.75, 3.05) is 25.2 Å². The summed E-state index contributed by atoms with van der Waals surface area (Å²) in [6.45, 7) is 3.86. The SMILES string of the molecule is CC[C@H](C)Oc1c(Cl)cc(/C=N\NC(=O)COc2ccc(C3SCCS3)cc2)cc1OC. The second-order valence-corrected chi connectivity index (χ2v) is 10.2. The zero-order valence-electron chi connectivity index (χ0n) is 18.3. The van der Waals surface area contributed by atoms with Crippen LogP contribution in [-0.4, -0.2) is 43.4 Å². The number of hydrazone groups is 1. The zero-order valence-corrected chi connectivity index (χ0v) is 20.7. The minimum atomic E-state index is -0.359. The van der Waals surface area contributed by atoms with Crippen LogP contribution in [0.1, 0.15) is 36.0 Å². The van der Waals surface area contributed by atoms with Crippen LogP contribution in [0, 0.1) is 0 Å². The van der Waals surface area contributed by atoms with Crippen molar-refractivity contribution >= 4 is 47.2 Å². The molecule has 32 heavy (non-hydrogen) atoms. The third kappa shape index (κ3) is 6.98. The molecule has 172 valence electrons. The van der Waals surface area contributed by atoms with Gasteiger partial charge < -0.3 is 14.2 Å². The Bertz CT molecular complexity index is 934. The molecule has 3 rings (SSSR count). The summed E-state index contributed by atoms with van der Waals surface area (Å²) < 4.78 is 17.3. The quantitative estimate of drug-likeness (QED) is 0.346. The molecule has 1 N–H and O–H groups in total. The van der Waals surface area contributed by atoms with Crippen LogP contribution < -0.4 is 19.6 Å². The van der Waals surface area contributed by atoms with E-state index in [4.69, 9.17) is 25.8 Å². The van der Waals surface area contributed by atoms with Gasteiger partial charge >= 0.3 is 0 Å². The van der Waals surface area contributed by atoms with Crippen LogP contribution in [-0.2, 0) is 4.79 Å². The third-order valence-corrected chi connectivity index (χ3v) is 8.08. The summed E-state index contributed by atoms with van der Waals surface area (Å²) in [6, 6.07) is 11.3. The minimum absolute atomic E-state index is 0.0110. The maximum absolute atomic E-state index is 12.1. The molecule has 0 radical (unpaired) electrons. The standard InChI is InChI=1S/C23H27ClN2O4S2/c1-4-15(2)30-22-19(24)11-16(12-20(22)28-3)13-25-26-21(27)14-29-18-7-5-17(6-8-18)23-31-9-10-32-23/h5-8,11-13,15,23H,4,9-10,14H2,1-3H3,(H,26,27)/b25-13-/t15-/m0/s1. The monoisotopic (exact) mass is 494 g/mol. The number of hydrogen-bond donors (Lipinski definition) is 1. The Labute approximate surface area is 202 Å². The van der Waals surface area contributed by atoms with Gasteiger partial charge in [-0.1, -0.05) is 30.7 Å². The van der Waals surface area contributed by atoms with Crippen molar-refractivity contribution in [2.24, 2.45) is 5.10 Å². The van der Waals surface area contributed by atoms with E-state index in [1.165, 1.54) is 23.3 Å². The first-order valence-corrected chi connectivity index (χ1v) is 12.8. The van der Waals surface area contributed by atoms with E-state index in [-0.39, 0.29) is 18.6 Å². The Morgan fingerprint density at radius 3 is 2.66 bits per heavy atom. The van der Waals surface area contributed by atoms with E-state index in [1.54, 1.807) is 19.2 Å². The Morgan fingerprint density at radius 2 is 2.00 bits per heavy atom. The van der Waals surface area contributed by atoms with Crippen LogP contribution in [0.2, 0.25) is 5.02 Å². The van der Waals surface area contributed by atoms with E-state index in [1.807, 2.05) is 61.6 Å². The van der Waals surface area contributed by atoms with Gasteiger partial charge in [-0.05, 0) is 48.7 Å². The molecule has 1 saturated heterocycles. The minimum Gasteiger partial charge on any atom is -0.493 e. The van der Waals surface area contributed by atoms with Gasteiger partial charge in [-0.15, -0.1) is 23.5 Å². The molecule has 9 heteroatoms. The molecule has 6 nitrogen and oxygen atoms in total. The topological polar surface area (TPSA) is 69.2 Å². The molecule has 2 aromatic rings. The fourth-order valence-electron chi connectivity index (χ4n) is 2.85. The predicted octanol–water partition coefficient (Wildman–Crippen LogP) is 5.53. The van der Waals surface area contributed by atoms with Gasteiger partial charge in [-0.25, -0.2) is 5.43 Å². The van der Waals surface area contributed by atoms with Crippen LogP contribution in [0.3, 0.4) is 0 Å². The summed E-state index contributed by atoms with van der Waals surface area (Å²) >= 11 is 10.3. The number of rotatable bonds is 10. The van der Waals surface area contributed by atoms with Crippen LogP contribution in [0.15, 0.2) is 41.5 Å². The summed E-state index contributed by atoms with van der Waals surface area (Å²) in [5.41, 5.74) is 4.40. The molecular formula is C23H27ClN2O4S2. The van der Waals surface area contributed by atoms with Crippen molar-refractivity contribution in [1.29, 1.82) is 0 Å². The zero-order chi connectivity index (χ0) is 22.9. The van der Waals surface area contributed by atoms with E-state index in [0.717, 1.165) is 6.42 Å². The van der Waals surface area contributed by atoms with Gasteiger partial charge in [-0.3, -0.25) is 4.79 Å². The summed E-state index contributed by atoms with van der Waals surface area (Å²) in [5.74, 6) is 3.66. The number of amides is 1. The van der Waals surface area contributed by atoms with Gasteiger partial charge in [0, 0.05) is 11.5 Å². The van der Waals surface area contributed by atoms with Crippen LogP contribution in [0.4, 0.5) is 0 Å². The van der Waals surface area contributed by atoms with E-state index >= 15 is 0 Å². The van der Waals surface area contributed by atoms with Crippen molar-refractivity contribution < 1.29 is 19.0 Å². The van der Waals surface area contributed by atoms with Crippen molar-refractivity contribution in [3.63, 3.8) is 0 Å². The van der Waals surface area contributed by atoms with Gasteiger partial charge in [0.25, 0.3) is 5.91 Å². The molecule has 1 aliphatic heterocycles. The van der Waals surface area contributed by atoms with E-state index < -0.39 is 0 Å². The van der Waals surface area contributed by atoms with Crippen LogP contribution >= 0.6 is 35.1 Å². The predicted molar refractivity (Wildman–Crippen MR) is 134 cm³/mol.